The van der Waals surface area contributed by atoms with Gasteiger partial charge in [-0.2, -0.15) is 0 Å². The lowest BCUT2D eigenvalue weighted by Crippen LogP contribution is -2.46. The lowest BCUT2D eigenvalue weighted by atomic mass is 10.1. The van der Waals surface area contributed by atoms with E-state index in [0.29, 0.717) is 9.47 Å². The van der Waals surface area contributed by atoms with Gasteiger partial charge in [0, 0.05) is 18.3 Å². The quantitative estimate of drug-likeness (QED) is 0.630. The minimum absolute atomic E-state index is 0.0249. The molecule has 0 aliphatic rings. The molecule has 0 atom stereocenters. The highest BCUT2D eigenvalue weighted by Crippen LogP contribution is 2.28. The number of hydrogen-bond donors (Lipinski definition) is 2. The molecule has 0 radical (unpaired) electrons. The Kier molecular flexibility index (Phi) is 7.64. The van der Waals surface area contributed by atoms with Crippen LogP contribution < -0.4 is 15.4 Å². The van der Waals surface area contributed by atoms with Crippen LogP contribution in [0.25, 0.3) is 0 Å². The molecule has 0 spiro atoms. The number of ether oxygens (including phenoxy) is 1. The lowest BCUT2D eigenvalue weighted by molar-refractivity contribution is -0.133. The van der Waals surface area contributed by atoms with Gasteiger partial charge < -0.3 is 20.3 Å². The van der Waals surface area contributed by atoms with Crippen molar-refractivity contribution in [3.8, 4) is 5.75 Å². The first kappa shape index (κ1) is 22.0. The molecule has 8 nitrogen and oxygen atoms in total. The average Bonchev–Trinajstić information content (AvgIpc) is 3.06. The summed E-state index contributed by atoms with van der Waals surface area (Å²) in [5.41, 5.74) is 0.546. The molecule has 1 heterocycles. The number of rotatable bonds is 8. The number of likely N-dealkylation sites (N-methyl/N-ethyl adjacent to an activating group) is 1. The van der Waals surface area contributed by atoms with Gasteiger partial charge in [0.1, 0.15) is 5.75 Å². The molecule has 0 unspecified atom stereocenters. The Morgan fingerprint density at radius 2 is 1.89 bits per heavy atom. The van der Waals surface area contributed by atoms with Gasteiger partial charge in [-0.1, -0.05) is 23.1 Å². The number of thioether (sulfide) groups is 1. The maximum Gasteiger partial charge on any atom is 0.240 e. The molecule has 2 rings (SSSR count). The van der Waals surface area contributed by atoms with Gasteiger partial charge in [0.25, 0.3) is 0 Å². The number of carbonyl (C=O) groups excluding carboxylic acids is 2. The van der Waals surface area contributed by atoms with Crippen LogP contribution in [0.3, 0.4) is 0 Å². The van der Waals surface area contributed by atoms with E-state index >= 15 is 0 Å². The summed E-state index contributed by atoms with van der Waals surface area (Å²) in [5.74, 6) is 0.637. The Morgan fingerprint density at radius 1 is 1.21 bits per heavy atom. The first-order chi connectivity index (χ1) is 13.2. The van der Waals surface area contributed by atoms with Crippen molar-refractivity contribution in [1.29, 1.82) is 0 Å². The van der Waals surface area contributed by atoms with Crippen molar-refractivity contribution in [2.75, 3.05) is 31.8 Å². The molecule has 0 aliphatic carbocycles. The Morgan fingerprint density at radius 3 is 2.50 bits per heavy atom. The third kappa shape index (κ3) is 7.35. The Balaban J connectivity index is 1.81. The van der Waals surface area contributed by atoms with Crippen molar-refractivity contribution in [3.63, 3.8) is 0 Å². The highest BCUT2D eigenvalue weighted by Gasteiger charge is 2.18. The van der Waals surface area contributed by atoms with Crippen molar-refractivity contribution < 1.29 is 14.3 Å². The SMILES string of the molecule is COc1ccc(Nc2nnc(SCC(=O)N(C)CC(=O)NC(C)(C)C)s2)cc1. The second-order valence-electron chi connectivity index (χ2n) is 7.06. The zero-order chi connectivity index (χ0) is 20.7. The van der Waals surface area contributed by atoms with Gasteiger partial charge in [-0.15, -0.1) is 10.2 Å². The van der Waals surface area contributed by atoms with E-state index in [0.717, 1.165) is 11.4 Å². The van der Waals surface area contributed by atoms with Gasteiger partial charge in [0.2, 0.25) is 16.9 Å². The van der Waals surface area contributed by atoms with E-state index < -0.39 is 0 Å². The molecule has 28 heavy (non-hydrogen) atoms. The topological polar surface area (TPSA) is 96.4 Å². The van der Waals surface area contributed by atoms with E-state index in [4.69, 9.17) is 4.74 Å². The summed E-state index contributed by atoms with van der Waals surface area (Å²) < 4.78 is 5.81. The predicted octanol–water partition coefficient (Wildman–Crippen LogP) is 2.76. The number of carbonyl (C=O) groups is 2. The third-order valence-corrected chi connectivity index (χ3v) is 5.34. The maximum absolute atomic E-state index is 12.2. The Labute approximate surface area is 173 Å². The number of benzene rings is 1. The smallest absolute Gasteiger partial charge is 0.240 e. The fraction of sp³-hybridized carbons (Fsp3) is 0.444. The van der Waals surface area contributed by atoms with Crippen molar-refractivity contribution in [2.24, 2.45) is 0 Å². The molecule has 2 aromatic rings. The molecular formula is C18H25N5O3S2. The molecule has 152 valence electrons. The van der Waals surface area contributed by atoms with Crippen LogP contribution in [0.4, 0.5) is 10.8 Å². The second-order valence-corrected chi connectivity index (χ2v) is 9.26. The van der Waals surface area contributed by atoms with Crippen molar-refractivity contribution in [1.82, 2.24) is 20.4 Å². The summed E-state index contributed by atoms with van der Waals surface area (Å²) in [6, 6.07) is 7.47. The summed E-state index contributed by atoms with van der Waals surface area (Å²) in [4.78, 5) is 25.6. The number of aromatic nitrogens is 2. The largest absolute Gasteiger partial charge is 0.497 e. The zero-order valence-electron chi connectivity index (χ0n) is 16.6. The fourth-order valence-corrected chi connectivity index (χ4v) is 3.82. The van der Waals surface area contributed by atoms with Crippen LogP contribution in [0.5, 0.6) is 5.75 Å². The lowest BCUT2D eigenvalue weighted by Gasteiger charge is -2.23. The fourth-order valence-electron chi connectivity index (χ4n) is 2.11. The van der Waals surface area contributed by atoms with E-state index in [1.807, 2.05) is 45.0 Å². The first-order valence-corrected chi connectivity index (χ1v) is 10.4. The van der Waals surface area contributed by atoms with Gasteiger partial charge in [-0.25, -0.2) is 0 Å². The monoisotopic (exact) mass is 423 g/mol. The van der Waals surface area contributed by atoms with E-state index in [9.17, 15) is 9.59 Å². The zero-order valence-corrected chi connectivity index (χ0v) is 18.2. The van der Waals surface area contributed by atoms with Crippen LogP contribution in [0, 0.1) is 0 Å². The highest BCUT2D eigenvalue weighted by molar-refractivity contribution is 8.01. The molecule has 0 saturated carbocycles. The number of nitrogens with one attached hydrogen (secondary N) is 2. The van der Waals surface area contributed by atoms with E-state index in [1.165, 1.54) is 28.0 Å². The van der Waals surface area contributed by atoms with Crippen LogP contribution in [-0.4, -0.2) is 58.9 Å². The number of hydrogen-bond acceptors (Lipinski definition) is 8. The first-order valence-electron chi connectivity index (χ1n) is 8.58. The van der Waals surface area contributed by atoms with E-state index in [-0.39, 0.29) is 29.7 Å². The van der Waals surface area contributed by atoms with Gasteiger partial charge in [0.05, 0.1) is 19.4 Å². The van der Waals surface area contributed by atoms with Gasteiger partial charge >= 0.3 is 0 Å². The summed E-state index contributed by atoms with van der Waals surface area (Å²) in [6.45, 7) is 5.72. The molecule has 0 aliphatic heterocycles. The van der Waals surface area contributed by atoms with Crippen LogP contribution in [-0.2, 0) is 9.59 Å². The Hall–Kier alpha value is -2.33. The highest BCUT2D eigenvalue weighted by atomic mass is 32.2. The molecule has 0 fully saturated rings. The number of anilines is 2. The van der Waals surface area contributed by atoms with E-state index in [1.54, 1.807) is 14.2 Å². The minimum atomic E-state index is -0.324. The normalized spacial score (nSPS) is 11.0. The van der Waals surface area contributed by atoms with Crippen molar-refractivity contribution in [3.05, 3.63) is 24.3 Å². The molecular weight excluding hydrogens is 398 g/mol. The van der Waals surface area contributed by atoms with Crippen LogP contribution in [0.1, 0.15) is 20.8 Å². The van der Waals surface area contributed by atoms with Gasteiger partial charge in [-0.3, -0.25) is 9.59 Å². The van der Waals surface area contributed by atoms with E-state index in [2.05, 4.69) is 20.8 Å². The van der Waals surface area contributed by atoms with Crippen molar-refractivity contribution >= 4 is 45.7 Å². The average molecular weight is 424 g/mol. The van der Waals surface area contributed by atoms with Gasteiger partial charge in [0.15, 0.2) is 4.34 Å². The summed E-state index contributed by atoms with van der Waals surface area (Å²) in [7, 11) is 3.23. The third-order valence-electron chi connectivity index (χ3n) is 3.39. The van der Waals surface area contributed by atoms with Crippen molar-refractivity contribution in [2.45, 2.75) is 30.6 Å². The van der Waals surface area contributed by atoms with Gasteiger partial charge in [-0.05, 0) is 45.0 Å². The number of nitrogens with zero attached hydrogens (tertiary/aromatic N) is 3. The number of amides is 2. The van der Waals surface area contributed by atoms with Crippen LogP contribution in [0.15, 0.2) is 28.6 Å². The molecule has 2 amide bonds. The molecule has 0 saturated heterocycles. The molecule has 10 heteroatoms. The number of methoxy groups -OCH3 is 1. The summed E-state index contributed by atoms with van der Waals surface area (Å²) >= 11 is 2.66. The minimum Gasteiger partial charge on any atom is -0.497 e. The molecule has 0 bridgehead atoms. The molecule has 2 N–H and O–H groups in total. The molecule has 1 aromatic heterocycles. The summed E-state index contributed by atoms with van der Waals surface area (Å²) in [5, 5.41) is 14.8. The Bertz CT molecular complexity index is 802. The van der Waals surface area contributed by atoms with Crippen LogP contribution >= 0.6 is 23.1 Å². The van der Waals surface area contributed by atoms with Crippen LogP contribution in [0.2, 0.25) is 0 Å². The standard InChI is InChI=1S/C18H25N5O3S2/c1-18(2,3)20-14(24)10-23(4)15(25)11-27-17-22-21-16(28-17)19-12-6-8-13(26-5)9-7-12/h6-9H,10-11H2,1-5H3,(H,19,21)(H,20,24). The molecule has 1 aromatic carbocycles. The maximum atomic E-state index is 12.2. The second kappa shape index (κ2) is 9.74. The predicted molar refractivity (Wildman–Crippen MR) is 112 cm³/mol. The summed E-state index contributed by atoms with van der Waals surface area (Å²) in [6.07, 6.45) is 0.